The Labute approximate surface area is 174 Å². The standard InChI is InChI=1S/C26H31NO2/c1-21(2)27(19-22-9-5-3-6-10-22)18-17-26(28)24-13-15-25(16-14-24)29-20-23-11-7-4-8-12-23/h3-16,21,26,28H,17-20H2,1-2H3. The molecule has 0 amide bonds. The molecule has 0 fully saturated rings. The molecule has 3 aromatic carbocycles. The van der Waals surface area contributed by atoms with Crippen molar-refractivity contribution < 1.29 is 9.84 Å². The maximum absolute atomic E-state index is 10.6. The lowest BCUT2D eigenvalue weighted by Crippen LogP contribution is -2.32. The monoisotopic (exact) mass is 389 g/mol. The van der Waals surface area contributed by atoms with Crippen LogP contribution in [0.5, 0.6) is 5.75 Å². The number of aliphatic hydroxyl groups excluding tert-OH is 1. The highest BCUT2D eigenvalue weighted by molar-refractivity contribution is 5.29. The number of ether oxygens (including phenoxy) is 1. The van der Waals surface area contributed by atoms with Gasteiger partial charge in [0.05, 0.1) is 6.10 Å². The molecule has 0 aliphatic heterocycles. The van der Waals surface area contributed by atoms with Crippen LogP contribution in [0.3, 0.4) is 0 Å². The average molecular weight is 390 g/mol. The van der Waals surface area contributed by atoms with Crippen LogP contribution in [-0.4, -0.2) is 22.6 Å². The van der Waals surface area contributed by atoms with Crippen molar-refractivity contribution in [1.29, 1.82) is 0 Å². The minimum atomic E-state index is -0.477. The molecule has 0 saturated carbocycles. The summed E-state index contributed by atoms with van der Waals surface area (Å²) in [5.74, 6) is 0.817. The zero-order valence-electron chi connectivity index (χ0n) is 17.4. The number of aliphatic hydroxyl groups is 1. The maximum Gasteiger partial charge on any atom is 0.119 e. The first-order chi connectivity index (χ1) is 14.1. The van der Waals surface area contributed by atoms with Gasteiger partial charge in [-0.2, -0.15) is 0 Å². The molecule has 3 aromatic rings. The molecule has 1 atom stereocenters. The minimum Gasteiger partial charge on any atom is -0.489 e. The molecule has 0 heterocycles. The van der Waals surface area contributed by atoms with Crippen LogP contribution in [-0.2, 0) is 13.2 Å². The second-order valence-corrected chi connectivity index (χ2v) is 7.70. The van der Waals surface area contributed by atoms with Crippen LogP contribution in [0.1, 0.15) is 43.1 Å². The van der Waals surface area contributed by atoms with E-state index in [1.807, 2.05) is 60.7 Å². The van der Waals surface area contributed by atoms with Crippen molar-refractivity contribution in [3.63, 3.8) is 0 Å². The zero-order chi connectivity index (χ0) is 20.5. The number of nitrogens with zero attached hydrogens (tertiary/aromatic N) is 1. The van der Waals surface area contributed by atoms with Gasteiger partial charge in [0.25, 0.3) is 0 Å². The van der Waals surface area contributed by atoms with Crippen molar-refractivity contribution in [2.24, 2.45) is 0 Å². The third kappa shape index (κ3) is 6.74. The van der Waals surface area contributed by atoms with E-state index < -0.39 is 6.10 Å². The van der Waals surface area contributed by atoms with Crippen molar-refractivity contribution in [2.45, 2.75) is 45.6 Å². The SMILES string of the molecule is CC(C)N(CCC(O)c1ccc(OCc2ccccc2)cc1)Cc1ccccc1. The first-order valence-corrected chi connectivity index (χ1v) is 10.3. The maximum atomic E-state index is 10.6. The van der Waals surface area contributed by atoms with Gasteiger partial charge in [-0.15, -0.1) is 0 Å². The normalized spacial score (nSPS) is 12.3. The molecule has 1 unspecified atom stereocenters. The van der Waals surface area contributed by atoms with E-state index in [2.05, 4.69) is 43.0 Å². The van der Waals surface area contributed by atoms with E-state index in [0.29, 0.717) is 19.1 Å². The Kier molecular flexibility index (Phi) is 7.85. The highest BCUT2D eigenvalue weighted by Crippen LogP contribution is 2.22. The van der Waals surface area contributed by atoms with Gasteiger partial charge in [-0.05, 0) is 49.1 Å². The third-order valence-corrected chi connectivity index (χ3v) is 5.16. The molecule has 0 aromatic heterocycles. The summed E-state index contributed by atoms with van der Waals surface area (Å²) >= 11 is 0. The summed E-state index contributed by atoms with van der Waals surface area (Å²) in [7, 11) is 0. The Balaban J connectivity index is 1.50. The summed E-state index contributed by atoms with van der Waals surface area (Å²) in [4.78, 5) is 2.40. The topological polar surface area (TPSA) is 32.7 Å². The predicted octanol–water partition coefficient (Wildman–Crippen LogP) is 5.60. The van der Waals surface area contributed by atoms with Gasteiger partial charge in [-0.3, -0.25) is 4.90 Å². The second kappa shape index (κ2) is 10.8. The summed E-state index contributed by atoms with van der Waals surface area (Å²) in [6, 6.07) is 28.8. The molecule has 0 bridgehead atoms. The lowest BCUT2D eigenvalue weighted by Gasteiger charge is -2.27. The molecule has 1 N–H and O–H groups in total. The molecule has 0 aliphatic rings. The van der Waals surface area contributed by atoms with Crippen molar-refractivity contribution in [2.75, 3.05) is 6.54 Å². The fraction of sp³-hybridized carbons (Fsp3) is 0.308. The fourth-order valence-electron chi connectivity index (χ4n) is 3.32. The smallest absolute Gasteiger partial charge is 0.119 e. The lowest BCUT2D eigenvalue weighted by atomic mass is 10.1. The Morgan fingerprint density at radius 1 is 0.793 bits per heavy atom. The lowest BCUT2D eigenvalue weighted by molar-refractivity contribution is 0.127. The van der Waals surface area contributed by atoms with Gasteiger partial charge in [0, 0.05) is 19.1 Å². The van der Waals surface area contributed by atoms with Crippen molar-refractivity contribution in [1.82, 2.24) is 4.90 Å². The molecule has 0 saturated heterocycles. The van der Waals surface area contributed by atoms with Gasteiger partial charge in [0.2, 0.25) is 0 Å². The summed E-state index contributed by atoms with van der Waals surface area (Å²) < 4.78 is 5.83. The first-order valence-electron chi connectivity index (χ1n) is 10.3. The van der Waals surface area contributed by atoms with Crippen LogP contribution in [0.4, 0.5) is 0 Å². The highest BCUT2D eigenvalue weighted by Gasteiger charge is 2.14. The van der Waals surface area contributed by atoms with E-state index in [1.165, 1.54) is 5.56 Å². The van der Waals surface area contributed by atoms with Crippen LogP contribution in [0.25, 0.3) is 0 Å². The average Bonchev–Trinajstić information content (AvgIpc) is 2.76. The molecule has 0 radical (unpaired) electrons. The quantitative estimate of drug-likeness (QED) is 0.490. The Bertz CT molecular complexity index is 832. The van der Waals surface area contributed by atoms with Crippen LogP contribution < -0.4 is 4.74 Å². The molecular formula is C26H31NO2. The summed E-state index contributed by atoms with van der Waals surface area (Å²) in [5, 5.41) is 10.6. The van der Waals surface area contributed by atoms with Gasteiger partial charge in [-0.1, -0.05) is 72.8 Å². The fourth-order valence-corrected chi connectivity index (χ4v) is 3.32. The van der Waals surface area contributed by atoms with Gasteiger partial charge < -0.3 is 9.84 Å². The van der Waals surface area contributed by atoms with Crippen LogP contribution in [0.2, 0.25) is 0 Å². The predicted molar refractivity (Wildman–Crippen MR) is 119 cm³/mol. The molecule has 152 valence electrons. The first kappa shape index (κ1) is 21.1. The molecule has 3 rings (SSSR count). The van der Waals surface area contributed by atoms with Gasteiger partial charge in [-0.25, -0.2) is 0 Å². The molecule has 3 nitrogen and oxygen atoms in total. The summed E-state index contributed by atoms with van der Waals surface area (Å²) in [6.07, 6.45) is 0.227. The van der Waals surface area contributed by atoms with Gasteiger partial charge in [0.1, 0.15) is 12.4 Å². The van der Waals surface area contributed by atoms with Crippen molar-refractivity contribution >= 4 is 0 Å². The van der Waals surface area contributed by atoms with Crippen LogP contribution in [0, 0.1) is 0 Å². The second-order valence-electron chi connectivity index (χ2n) is 7.70. The minimum absolute atomic E-state index is 0.427. The summed E-state index contributed by atoms with van der Waals surface area (Å²) in [5.41, 5.74) is 3.37. The van der Waals surface area contributed by atoms with Gasteiger partial charge >= 0.3 is 0 Å². The van der Waals surface area contributed by atoms with E-state index in [4.69, 9.17) is 4.74 Å². The highest BCUT2D eigenvalue weighted by atomic mass is 16.5. The third-order valence-electron chi connectivity index (χ3n) is 5.16. The van der Waals surface area contributed by atoms with E-state index in [1.54, 1.807) is 0 Å². The number of hydrogen-bond acceptors (Lipinski definition) is 3. The van der Waals surface area contributed by atoms with E-state index in [9.17, 15) is 5.11 Å². The van der Waals surface area contributed by atoms with E-state index in [0.717, 1.165) is 30.0 Å². The zero-order valence-corrected chi connectivity index (χ0v) is 17.4. The Morgan fingerprint density at radius 2 is 1.38 bits per heavy atom. The van der Waals surface area contributed by atoms with E-state index >= 15 is 0 Å². The Morgan fingerprint density at radius 3 is 1.97 bits per heavy atom. The Hall–Kier alpha value is -2.62. The summed E-state index contributed by atoms with van der Waals surface area (Å²) in [6.45, 7) is 6.70. The molecule has 29 heavy (non-hydrogen) atoms. The molecule has 0 aliphatic carbocycles. The van der Waals surface area contributed by atoms with E-state index in [-0.39, 0.29) is 0 Å². The van der Waals surface area contributed by atoms with Gasteiger partial charge in [0.15, 0.2) is 0 Å². The number of benzene rings is 3. The van der Waals surface area contributed by atoms with Crippen LogP contribution >= 0.6 is 0 Å². The molecule has 3 heteroatoms. The molecular weight excluding hydrogens is 358 g/mol. The largest absolute Gasteiger partial charge is 0.489 e. The molecule has 0 spiro atoms. The van der Waals surface area contributed by atoms with Crippen molar-refractivity contribution in [3.8, 4) is 5.75 Å². The number of hydrogen-bond donors (Lipinski definition) is 1. The van der Waals surface area contributed by atoms with Crippen LogP contribution in [0.15, 0.2) is 84.9 Å². The van der Waals surface area contributed by atoms with Crippen molar-refractivity contribution in [3.05, 3.63) is 102 Å². The number of rotatable bonds is 10.